The molecule has 1 atom stereocenters. The van der Waals surface area contributed by atoms with Crippen LogP contribution in [0.2, 0.25) is 0 Å². The molecule has 2 heterocycles. The SMILES string of the molecule is Cc1ccnc(-c2noc([C@H](C)N)n2)c1. The molecule has 2 aromatic rings. The fourth-order valence-corrected chi connectivity index (χ4v) is 1.18. The van der Waals surface area contributed by atoms with Gasteiger partial charge in [0.05, 0.1) is 6.04 Å². The van der Waals surface area contributed by atoms with Gasteiger partial charge >= 0.3 is 0 Å². The number of rotatable bonds is 2. The summed E-state index contributed by atoms with van der Waals surface area (Å²) in [7, 11) is 0. The molecule has 0 saturated heterocycles. The van der Waals surface area contributed by atoms with Crippen molar-refractivity contribution in [2.24, 2.45) is 5.73 Å². The molecule has 0 fully saturated rings. The van der Waals surface area contributed by atoms with Crippen LogP contribution in [-0.2, 0) is 0 Å². The van der Waals surface area contributed by atoms with Crippen molar-refractivity contribution in [3.63, 3.8) is 0 Å². The number of pyridine rings is 1. The van der Waals surface area contributed by atoms with E-state index in [4.69, 9.17) is 10.3 Å². The van der Waals surface area contributed by atoms with Crippen molar-refractivity contribution in [2.75, 3.05) is 0 Å². The van der Waals surface area contributed by atoms with Crippen molar-refractivity contribution in [1.82, 2.24) is 15.1 Å². The van der Waals surface area contributed by atoms with Gasteiger partial charge in [-0.2, -0.15) is 4.98 Å². The van der Waals surface area contributed by atoms with Gasteiger partial charge < -0.3 is 10.3 Å². The van der Waals surface area contributed by atoms with Gasteiger partial charge in [0.15, 0.2) is 0 Å². The number of nitrogens with two attached hydrogens (primary N) is 1. The summed E-state index contributed by atoms with van der Waals surface area (Å²) < 4.78 is 4.99. The minimum Gasteiger partial charge on any atom is -0.337 e. The van der Waals surface area contributed by atoms with Gasteiger partial charge in [0.1, 0.15) is 5.69 Å². The second kappa shape index (κ2) is 3.78. The fourth-order valence-electron chi connectivity index (χ4n) is 1.18. The molecule has 2 rings (SSSR count). The zero-order chi connectivity index (χ0) is 10.8. The Labute approximate surface area is 87.3 Å². The molecule has 5 heteroatoms. The zero-order valence-corrected chi connectivity index (χ0v) is 8.64. The summed E-state index contributed by atoms with van der Waals surface area (Å²) in [5.41, 5.74) is 7.42. The maximum atomic E-state index is 5.62. The summed E-state index contributed by atoms with van der Waals surface area (Å²) in [6.45, 7) is 3.78. The largest absolute Gasteiger partial charge is 0.337 e. The molecule has 2 N–H and O–H groups in total. The Morgan fingerprint density at radius 2 is 2.27 bits per heavy atom. The maximum Gasteiger partial charge on any atom is 0.243 e. The standard InChI is InChI=1S/C10H12N4O/c1-6-3-4-12-8(5-6)9-13-10(7(2)11)15-14-9/h3-5,7H,11H2,1-2H3/t7-/m0/s1. The van der Waals surface area contributed by atoms with Gasteiger partial charge in [0, 0.05) is 6.20 Å². The van der Waals surface area contributed by atoms with Gasteiger partial charge in [-0.25, -0.2) is 0 Å². The Hall–Kier alpha value is -1.75. The van der Waals surface area contributed by atoms with E-state index in [1.807, 2.05) is 19.1 Å². The summed E-state index contributed by atoms with van der Waals surface area (Å²) in [6, 6.07) is 3.56. The topological polar surface area (TPSA) is 77.8 Å². The lowest BCUT2D eigenvalue weighted by molar-refractivity contribution is 0.362. The molecular weight excluding hydrogens is 192 g/mol. The van der Waals surface area contributed by atoms with Crippen LogP contribution in [0, 0.1) is 6.92 Å². The quantitative estimate of drug-likeness (QED) is 0.801. The molecule has 0 spiro atoms. The second-order valence-corrected chi connectivity index (χ2v) is 3.46. The van der Waals surface area contributed by atoms with Crippen LogP contribution in [0.4, 0.5) is 0 Å². The molecular formula is C10H12N4O. The van der Waals surface area contributed by atoms with Crippen LogP contribution >= 0.6 is 0 Å². The summed E-state index contributed by atoms with van der Waals surface area (Å²) >= 11 is 0. The van der Waals surface area contributed by atoms with Crippen LogP contribution in [0.5, 0.6) is 0 Å². The summed E-state index contributed by atoms with van der Waals surface area (Å²) in [4.78, 5) is 8.31. The van der Waals surface area contributed by atoms with Gasteiger partial charge in [0.2, 0.25) is 11.7 Å². The first-order valence-corrected chi connectivity index (χ1v) is 4.69. The summed E-state index contributed by atoms with van der Waals surface area (Å²) in [5, 5.41) is 3.82. The monoisotopic (exact) mass is 204 g/mol. The minimum atomic E-state index is -0.254. The number of hydrogen-bond donors (Lipinski definition) is 1. The Morgan fingerprint density at radius 1 is 1.47 bits per heavy atom. The first-order chi connectivity index (χ1) is 7.16. The third kappa shape index (κ3) is 2.02. The molecule has 0 unspecified atom stereocenters. The van der Waals surface area contributed by atoms with Crippen molar-refractivity contribution >= 4 is 0 Å². The molecule has 5 nitrogen and oxygen atoms in total. The average Bonchev–Trinajstić information content (AvgIpc) is 2.66. The Balaban J connectivity index is 2.37. The lowest BCUT2D eigenvalue weighted by Crippen LogP contribution is -2.04. The highest BCUT2D eigenvalue weighted by Crippen LogP contribution is 2.16. The highest BCUT2D eigenvalue weighted by Gasteiger charge is 2.12. The van der Waals surface area contributed by atoms with E-state index in [-0.39, 0.29) is 6.04 Å². The van der Waals surface area contributed by atoms with E-state index >= 15 is 0 Å². The average molecular weight is 204 g/mol. The number of aromatic nitrogens is 3. The zero-order valence-electron chi connectivity index (χ0n) is 8.64. The summed E-state index contributed by atoms with van der Waals surface area (Å²) in [6.07, 6.45) is 1.71. The molecule has 0 amide bonds. The third-order valence-electron chi connectivity index (χ3n) is 1.98. The maximum absolute atomic E-state index is 5.62. The molecule has 0 aliphatic carbocycles. The highest BCUT2D eigenvalue weighted by atomic mass is 16.5. The van der Waals surface area contributed by atoms with Crippen molar-refractivity contribution in [1.29, 1.82) is 0 Å². The van der Waals surface area contributed by atoms with Crippen LogP contribution < -0.4 is 5.73 Å². The molecule has 0 radical (unpaired) electrons. The molecule has 15 heavy (non-hydrogen) atoms. The Morgan fingerprint density at radius 3 is 2.87 bits per heavy atom. The van der Waals surface area contributed by atoms with Crippen LogP contribution in [0.25, 0.3) is 11.5 Å². The van der Waals surface area contributed by atoms with Crippen LogP contribution in [-0.4, -0.2) is 15.1 Å². The van der Waals surface area contributed by atoms with E-state index in [0.717, 1.165) is 5.56 Å². The van der Waals surface area contributed by atoms with E-state index in [0.29, 0.717) is 17.4 Å². The summed E-state index contributed by atoms with van der Waals surface area (Å²) in [5.74, 6) is 0.902. The number of aryl methyl sites for hydroxylation is 1. The molecule has 0 aliphatic rings. The van der Waals surface area contributed by atoms with Gasteiger partial charge in [-0.3, -0.25) is 4.98 Å². The fraction of sp³-hybridized carbons (Fsp3) is 0.300. The van der Waals surface area contributed by atoms with E-state index in [2.05, 4.69) is 15.1 Å². The van der Waals surface area contributed by atoms with Gasteiger partial charge in [-0.1, -0.05) is 5.16 Å². The molecule has 0 aromatic carbocycles. The number of hydrogen-bond acceptors (Lipinski definition) is 5. The van der Waals surface area contributed by atoms with E-state index in [1.54, 1.807) is 13.1 Å². The normalized spacial score (nSPS) is 12.7. The van der Waals surface area contributed by atoms with Crippen LogP contribution in [0.3, 0.4) is 0 Å². The van der Waals surface area contributed by atoms with Crippen molar-refractivity contribution in [2.45, 2.75) is 19.9 Å². The van der Waals surface area contributed by atoms with Gasteiger partial charge in [-0.15, -0.1) is 0 Å². The Kier molecular flexibility index (Phi) is 2.47. The van der Waals surface area contributed by atoms with Crippen LogP contribution in [0.15, 0.2) is 22.9 Å². The minimum absolute atomic E-state index is 0.254. The van der Waals surface area contributed by atoms with E-state index in [9.17, 15) is 0 Å². The first kappa shape index (κ1) is 9.79. The predicted molar refractivity (Wildman–Crippen MR) is 54.9 cm³/mol. The Bertz CT molecular complexity index is 464. The van der Waals surface area contributed by atoms with Crippen LogP contribution in [0.1, 0.15) is 24.4 Å². The lowest BCUT2D eigenvalue weighted by Gasteiger charge is -1.95. The van der Waals surface area contributed by atoms with E-state index < -0.39 is 0 Å². The predicted octanol–water partition coefficient (Wildman–Crippen LogP) is 1.46. The highest BCUT2D eigenvalue weighted by molar-refractivity contribution is 5.48. The molecule has 0 bridgehead atoms. The lowest BCUT2D eigenvalue weighted by atomic mass is 10.2. The van der Waals surface area contributed by atoms with Gasteiger partial charge in [-0.05, 0) is 31.5 Å². The third-order valence-corrected chi connectivity index (χ3v) is 1.98. The van der Waals surface area contributed by atoms with Crippen molar-refractivity contribution in [3.8, 4) is 11.5 Å². The van der Waals surface area contributed by atoms with Crippen molar-refractivity contribution < 1.29 is 4.52 Å². The number of nitrogens with zero attached hydrogens (tertiary/aromatic N) is 3. The molecule has 0 aliphatic heterocycles. The first-order valence-electron chi connectivity index (χ1n) is 4.69. The molecule has 2 aromatic heterocycles. The second-order valence-electron chi connectivity index (χ2n) is 3.46. The van der Waals surface area contributed by atoms with E-state index in [1.165, 1.54) is 0 Å². The molecule has 0 saturated carbocycles. The smallest absolute Gasteiger partial charge is 0.243 e. The van der Waals surface area contributed by atoms with Crippen molar-refractivity contribution in [3.05, 3.63) is 29.8 Å². The van der Waals surface area contributed by atoms with Gasteiger partial charge in [0.25, 0.3) is 0 Å². The molecule has 78 valence electrons.